The summed E-state index contributed by atoms with van der Waals surface area (Å²) < 4.78 is 0. The maximum absolute atomic E-state index is 8.99. The first-order valence-electron chi connectivity index (χ1n) is 5.48. The van der Waals surface area contributed by atoms with Crippen LogP contribution in [0.5, 0.6) is 0 Å². The van der Waals surface area contributed by atoms with Crippen LogP contribution in [-0.2, 0) is 5.75 Å². The summed E-state index contributed by atoms with van der Waals surface area (Å²) in [6, 6.07) is 15.0. The second-order valence-electron chi connectivity index (χ2n) is 3.86. The highest BCUT2D eigenvalue weighted by atomic mass is 35.5. The molecule has 0 saturated heterocycles. The molecule has 0 unspecified atom stereocenters. The van der Waals surface area contributed by atoms with Crippen molar-refractivity contribution in [2.24, 2.45) is 0 Å². The van der Waals surface area contributed by atoms with E-state index in [1.165, 1.54) is 0 Å². The Labute approximate surface area is 116 Å². The van der Waals surface area contributed by atoms with Crippen molar-refractivity contribution in [2.75, 3.05) is 0 Å². The van der Waals surface area contributed by atoms with Gasteiger partial charge in [0.05, 0.1) is 0 Å². The molecule has 0 bridgehead atoms. The third-order valence-electron chi connectivity index (χ3n) is 2.50. The summed E-state index contributed by atoms with van der Waals surface area (Å²) in [5.41, 5.74) is 1.65. The van der Waals surface area contributed by atoms with E-state index in [2.05, 4.69) is 0 Å². The number of benzene rings is 2. The molecule has 2 nitrogen and oxygen atoms in total. The van der Waals surface area contributed by atoms with Crippen LogP contribution in [-0.4, -0.2) is 17.2 Å². The first-order chi connectivity index (χ1) is 8.65. The Morgan fingerprint density at radius 1 is 0.944 bits per heavy atom. The fourth-order valence-electron chi connectivity index (χ4n) is 1.48. The third-order valence-corrected chi connectivity index (χ3v) is 3.83. The zero-order valence-corrected chi connectivity index (χ0v) is 11.2. The Balaban J connectivity index is 1.95. The SMILES string of the molecule is OB(O)c1ccc(CSc2ccc(Cl)cc2)cc1. The fraction of sp³-hybridized carbons (Fsp3) is 0.0769. The first kappa shape index (κ1) is 13.5. The minimum Gasteiger partial charge on any atom is -0.423 e. The minimum atomic E-state index is -1.40. The van der Waals surface area contributed by atoms with E-state index < -0.39 is 7.12 Å². The lowest BCUT2D eigenvalue weighted by atomic mass is 9.80. The van der Waals surface area contributed by atoms with Crippen LogP contribution >= 0.6 is 23.4 Å². The van der Waals surface area contributed by atoms with Gasteiger partial charge in [-0.3, -0.25) is 0 Å². The van der Waals surface area contributed by atoms with E-state index in [9.17, 15) is 0 Å². The zero-order chi connectivity index (χ0) is 13.0. The average Bonchev–Trinajstić information content (AvgIpc) is 2.38. The van der Waals surface area contributed by atoms with Crippen molar-refractivity contribution in [3.63, 3.8) is 0 Å². The lowest BCUT2D eigenvalue weighted by Crippen LogP contribution is -2.29. The van der Waals surface area contributed by atoms with Gasteiger partial charge in [0.2, 0.25) is 0 Å². The smallest absolute Gasteiger partial charge is 0.423 e. The van der Waals surface area contributed by atoms with E-state index in [-0.39, 0.29) is 0 Å². The molecule has 0 aliphatic rings. The Morgan fingerprint density at radius 2 is 1.56 bits per heavy atom. The molecule has 2 rings (SSSR count). The van der Waals surface area contributed by atoms with Crippen LogP contribution in [0.2, 0.25) is 5.02 Å². The molecule has 92 valence electrons. The average molecular weight is 279 g/mol. The van der Waals surface area contributed by atoms with E-state index in [0.717, 1.165) is 21.2 Å². The summed E-state index contributed by atoms with van der Waals surface area (Å²) in [7, 11) is -1.40. The van der Waals surface area contributed by atoms with Gasteiger partial charge in [0.25, 0.3) is 0 Å². The summed E-state index contributed by atoms with van der Waals surface area (Å²) in [5, 5.41) is 18.7. The van der Waals surface area contributed by atoms with Crippen LogP contribution in [0.15, 0.2) is 53.4 Å². The third kappa shape index (κ3) is 3.78. The molecule has 2 N–H and O–H groups in total. The molecule has 0 aliphatic carbocycles. The Bertz CT molecular complexity index is 499. The van der Waals surface area contributed by atoms with Crippen LogP contribution in [0.25, 0.3) is 0 Å². The molecular formula is C13H12BClO2S. The van der Waals surface area contributed by atoms with Gasteiger partial charge in [0.15, 0.2) is 0 Å². The highest BCUT2D eigenvalue weighted by molar-refractivity contribution is 7.98. The zero-order valence-electron chi connectivity index (χ0n) is 9.58. The van der Waals surface area contributed by atoms with Crippen LogP contribution in [0.1, 0.15) is 5.56 Å². The van der Waals surface area contributed by atoms with Gasteiger partial charge in [0.1, 0.15) is 0 Å². The Hall–Kier alpha value is -0.935. The van der Waals surface area contributed by atoms with Crippen LogP contribution in [0.4, 0.5) is 0 Å². The van der Waals surface area contributed by atoms with E-state index in [4.69, 9.17) is 21.6 Å². The van der Waals surface area contributed by atoms with Crippen molar-refractivity contribution in [1.29, 1.82) is 0 Å². The summed E-state index contributed by atoms with van der Waals surface area (Å²) in [5.74, 6) is 0.837. The molecular weight excluding hydrogens is 266 g/mol. The number of hydrogen-bond acceptors (Lipinski definition) is 3. The molecule has 0 atom stereocenters. The molecule has 0 aromatic heterocycles. The molecule has 18 heavy (non-hydrogen) atoms. The normalized spacial score (nSPS) is 10.4. The molecule has 0 radical (unpaired) electrons. The second-order valence-corrected chi connectivity index (χ2v) is 5.34. The molecule has 0 fully saturated rings. The molecule has 2 aromatic rings. The Morgan fingerprint density at radius 3 is 2.11 bits per heavy atom. The quantitative estimate of drug-likeness (QED) is 0.666. The van der Waals surface area contributed by atoms with Gasteiger partial charge in [0, 0.05) is 15.7 Å². The Kier molecular flexibility index (Phi) is 4.72. The fourth-order valence-corrected chi connectivity index (χ4v) is 2.46. The number of halogens is 1. The number of hydrogen-bond donors (Lipinski definition) is 2. The van der Waals surface area contributed by atoms with Gasteiger partial charge >= 0.3 is 7.12 Å². The first-order valence-corrected chi connectivity index (χ1v) is 6.85. The minimum absolute atomic E-state index is 0.509. The van der Waals surface area contributed by atoms with E-state index >= 15 is 0 Å². The van der Waals surface area contributed by atoms with Gasteiger partial charge in [-0.2, -0.15) is 0 Å². The summed E-state index contributed by atoms with van der Waals surface area (Å²) in [6.45, 7) is 0. The predicted molar refractivity (Wildman–Crippen MR) is 77.3 cm³/mol. The topological polar surface area (TPSA) is 40.5 Å². The van der Waals surface area contributed by atoms with Crippen molar-refractivity contribution >= 4 is 35.9 Å². The van der Waals surface area contributed by atoms with E-state index in [1.54, 1.807) is 23.9 Å². The van der Waals surface area contributed by atoms with Gasteiger partial charge < -0.3 is 10.0 Å². The molecule has 2 aromatic carbocycles. The number of thioether (sulfide) groups is 1. The molecule has 0 spiro atoms. The molecule has 5 heteroatoms. The highest BCUT2D eigenvalue weighted by Crippen LogP contribution is 2.23. The summed E-state index contributed by atoms with van der Waals surface area (Å²) >= 11 is 7.53. The van der Waals surface area contributed by atoms with E-state index in [0.29, 0.717) is 5.46 Å². The predicted octanol–water partition coefficient (Wildman–Crippen LogP) is 2.31. The van der Waals surface area contributed by atoms with Crippen molar-refractivity contribution in [2.45, 2.75) is 10.6 Å². The van der Waals surface area contributed by atoms with E-state index in [1.807, 2.05) is 36.4 Å². The lowest BCUT2D eigenvalue weighted by molar-refractivity contribution is 0.426. The maximum atomic E-state index is 8.99. The molecule has 0 amide bonds. The summed E-state index contributed by atoms with van der Waals surface area (Å²) in [4.78, 5) is 1.16. The largest absolute Gasteiger partial charge is 0.488 e. The van der Waals surface area contributed by atoms with Gasteiger partial charge in [-0.25, -0.2) is 0 Å². The van der Waals surface area contributed by atoms with Crippen molar-refractivity contribution < 1.29 is 10.0 Å². The molecule has 0 heterocycles. The van der Waals surface area contributed by atoms with Crippen LogP contribution in [0.3, 0.4) is 0 Å². The van der Waals surface area contributed by atoms with Crippen molar-refractivity contribution in [3.8, 4) is 0 Å². The molecule has 0 saturated carbocycles. The van der Waals surface area contributed by atoms with Gasteiger partial charge in [-0.05, 0) is 35.3 Å². The van der Waals surface area contributed by atoms with Gasteiger partial charge in [-0.15, -0.1) is 11.8 Å². The highest BCUT2D eigenvalue weighted by Gasteiger charge is 2.09. The standard InChI is InChI=1S/C13H12BClO2S/c15-12-5-7-13(8-6-12)18-9-10-1-3-11(4-2-10)14(16)17/h1-8,16-17H,9H2. The van der Waals surface area contributed by atoms with Crippen molar-refractivity contribution in [1.82, 2.24) is 0 Å². The van der Waals surface area contributed by atoms with Crippen molar-refractivity contribution in [3.05, 3.63) is 59.1 Å². The number of rotatable bonds is 4. The van der Waals surface area contributed by atoms with Crippen LogP contribution in [0, 0.1) is 0 Å². The second kappa shape index (κ2) is 6.30. The van der Waals surface area contributed by atoms with Gasteiger partial charge in [-0.1, -0.05) is 35.9 Å². The lowest BCUT2D eigenvalue weighted by Gasteiger charge is -2.04. The monoisotopic (exact) mass is 278 g/mol. The molecule has 0 aliphatic heterocycles. The summed E-state index contributed by atoms with van der Waals surface area (Å²) in [6.07, 6.45) is 0. The van der Waals surface area contributed by atoms with Crippen LogP contribution < -0.4 is 5.46 Å². The maximum Gasteiger partial charge on any atom is 0.488 e.